The number of hydrogen-bond donors (Lipinski definition) is 3. The third-order valence-electron chi connectivity index (χ3n) is 2.78. The molecule has 0 bridgehead atoms. The third-order valence-corrected chi connectivity index (χ3v) is 2.78. The Kier molecular flexibility index (Phi) is 4.67. The van der Waals surface area contributed by atoms with Gasteiger partial charge in [0.05, 0.1) is 12.6 Å². The number of nitrogens with one attached hydrogen (secondary N) is 2. The Morgan fingerprint density at radius 2 is 2.35 bits per heavy atom. The number of hydrogen-bond acceptors (Lipinski definition) is 5. The van der Waals surface area contributed by atoms with Gasteiger partial charge in [-0.25, -0.2) is 4.79 Å². The number of anilines is 1. The molecule has 2 rings (SSSR count). The topological polar surface area (TPSA) is 100 Å². The van der Waals surface area contributed by atoms with Crippen LogP contribution in [-0.2, 0) is 0 Å². The van der Waals surface area contributed by atoms with Crippen molar-refractivity contribution in [3.63, 3.8) is 0 Å². The molecule has 7 nitrogen and oxygen atoms in total. The number of amides is 2. The Morgan fingerprint density at radius 3 is 3.00 bits per heavy atom. The smallest absolute Gasteiger partial charge is 0.319 e. The van der Waals surface area contributed by atoms with Crippen molar-refractivity contribution in [1.82, 2.24) is 15.5 Å². The predicted molar refractivity (Wildman–Crippen MR) is 73.1 cm³/mol. The highest BCUT2D eigenvalue weighted by atomic mass is 16.4. The van der Waals surface area contributed by atoms with Crippen LogP contribution in [0.3, 0.4) is 0 Å². The summed E-state index contributed by atoms with van der Waals surface area (Å²) in [6.07, 6.45) is 1.90. The molecular weight excluding hydrogens is 260 g/mol. The summed E-state index contributed by atoms with van der Waals surface area (Å²) in [5, 5.41) is 21.8. The van der Waals surface area contributed by atoms with Crippen LogP contribution in [0.15, 0.2) is 35.1 Å². The number of aromatic nitrogens is 2. The Labute approximate surface area is 116 Å². The second-order valence-corrected chi connectivity index (χ2v) is 4.21. The van der Waals surface area contributed by atoms with Crippen molar-refractivity contribution in [1.29, 1.82) is 0 Å². The number of nitrogens with zero attached hydrogens (tertiary/aromatic N) is 2. The molecule has 7 heteroatoms. The summed E-state index contributed by atoms with van der Waals surface area (Å²) in [4.78, 5) is 11.8. The van der Waals surface area contributed by atoms with Crippen LogP contribution < -0.4 is 10.6 Å². The second kappa shape index (κ2) is 6.67. The first-order valence-corrected chi connectivity index (χ1v) is 6.28. The van der Waals surface area contributed by atoms with Gasteiger partial charge in [-0.1, -0.05) is 13.0 Å². The van der Waals surface area contributed by atoms with E-state index in [1.54, 1.807) is 24.3 Å². The molecule has 0 aliphatic carbocycles. The summed E-state index contributed by atoms with van der Waals surface area (Å²) in [6, 6.07) is 6.44. The minimum atomic E-state index is -0.367. The zero-order valence-corrected chi connectivity index (χ0v) is 11.0. The van der Waals surface area contributed by atoms with E-state index in [0.29, 0.717) is 18.0 Å². The maximum absolute atomic E-state index is 11.8. The van der Waals surface area contributed by atoms with Crippen molar-refractivity contribution in [3.05, 3.63) is 30.7 Å². The first kappa shape index (κ1) is 14.0. The number of rotatable bonds is 5. The van der Waals surface area contributed by atoms with Gasteiger partial charge in [0, 0.05) is 11.3 Å². The molecule has 0 spiro atoms. The molecule has 0 aliphatic rings. The molecule has 20 heavy (non-hydrogen) atoms. The molecule has 1 aromatic carbocycles. The molecule has 1 aromatic heterocycles. The minimum Gasteiger partial charge on any atom is -0.423 e. The van der Waals surface area contributed by atoms with E-state index in [1.165, 1.54) is 6.39 Å². The summed E-state index contributed by atoms with van der Waals surface area (Å²) in [7, 11) is 0. The summed E-state index contributed by atoms with van der Waals surface area (Å²) in [5.41, 5.74) is 1.32. The SMILES string of the molecule is CCC(CO)NC(=O)Nc1cccc(-c2nnco2)c1. The highest BCUT2D eigenvalue weighted by Crippen LogP contribution is 2.20. The van der Waals surface area contributed by atoms with Gasteiger partial charge >= 0.3 is 6.03 Å². The van der Waals surface area contributed by atoms with E-state index in [1.807, 2.05) is 6.92 Å². The largest absolute Gasteiger partial charge is 0.423 e. The number of carbonyl (C=O) groups is 1. The van der Waals surface area contributed by atoms with Gasteiger partial charge in [0.25, 0.3) is 0 Å². The van der Waals surface area contributed by atoms with Gasteiger partial charge in [-0.3, -0.25) is 0 Å². The van der Waals surface area contributed by atoms with Crippen molar-refractivity contribution in [2.45, 2.75) is 19.4 Å². The van der Waals surface area contributed by atoms with E-state index in [2.05, 4.69) is 20.8 Å². The van der Waals surface area contributed by atoms with Gasteiger partial charge in [0.2, 0.25) is 12.3 Å². The lowest BCUT2D eigenvalue weighted by molar-refractivity contribution is 0.222. The molecule has 0 saturated heterocycles. The average molecular weight is 276 g/mol. The zero-order chi connectivity index (χ0) is 14.4. The number of aliphatic hydroxyl groups excluding tert-OH is 1. The normalized spacial score (nSPS) is 11.9. The fourth-order valence-corrected chi connectivity index (χ4v) is 1.66. The molecule has 0 saturated carbocycles. The van der Waals surface area contributed by atoms with Crippen molar-refractivity contribution < 1.29 is 14.3 Å². The van der Waals surface area contributed by atoms with E-state index in [0.717, 1.165) is 5.56 Å². The van der Waals surface area contributed by atoms with E-state index >= 15 is 0 Å². The fourth-order valence-electron chi connectivity index (χ4n) is 1.66. The standard InChI is InChI=1S/C13H16N4O3/c1-2-10(7-18)15-13(19)16-11-5-3-4-9(6-11)12-17-14-8-20-12/h3-6,8,10,18H,2,7H2,1H3,(H2,15,16,19). The Bertz CT molecular complexity index is 553. The van der Waals surface area contributed by atoms with Gasteiger partial charge < -0.3 is 20.2 Å². The second-order valence-electron chi connectivity index (χ2n) is 4.21. The van der Waals surface area contributed by atoms with Gasteiger partial charge in [-0.05, 0) is 24.6 Å². The molecule has 3 N–H and O–H groups in total. The quantitative estimate of drug-likeness (QED) is 0.770. The van der Waals surface area contributed by atoms with Crippen LogP contribution in [0.25, 0.3) is 11.5 Å². The van der Waals surface area contributed by atoms with Gasteiger partial charge in [0.15, 0.2) is 0 Å². The van der Waals surface area contributed by atoms with E-state index < -0.39 is 0 Å². The van der Waals surface area contributed by atoms with Crippen LogP contribution in [-0.4, -0.2) is 34.0 Å². The molecule has 2 aromatic rings. The molecule has 0 fully saturated rings. The Morgan fingerprint density at radius 1 is 1.50 bits per heavy atom. The van der Waals surface area contributed by atoms with Crippen LogP contribution in [0, 0.1) is 0 Å². The van der Waals surface area contributed by atoms with Crippen LogP contribution in [0.1, 0.15) is 13.3 Å². The van der Waals surface area contributed by atoms with Crippen LogP contribution in [0.5, 0.6) is 0 Å². The van der Waals surface area contributed by atoms with E-state index in [9.17, 15) is 4.79 Å². The first-order valence-electron chi connectivity index (χ1n) is 6.28. The summed E-state index contributed by atoms with van der Waals surface area (Å²) in [6.45, 7) is 1.79. The van der Waals surface area contributed by atoms with Crippen molar-refractivity contribution >= 4 is 11.7 Å². The summed E-state index contributed by atoms with van der Waals surface area (Å²) in [5.74, 6) is 0.385. The predicted octanol–water partition coefficient (Wildman–Crippen LogP) is 1.63. The van der Waals surface area contributed by atoms with E-state index in [4.69, 9.17) is 9.52 Å². The monoisotopic (exact) mass is 276 g/mol. The van der Waals surface area contributed by atoms with Gasteiger partial charge in [0.1, 0.15) is 0 Å². The Hall–Kier alpha value is -2.41. The van der Waals surface area contributed by atoms with Crippen LogP contribution in [0.4, 0.5) is 10.5 Å². The molecule has 1 atom stereocenters. The average Bonchev–Trinajstić information content (AvgIpc) is 2.99. The minimum absolute atomic E-state index is 0.0913. The molecule has 106 valence electrons. The number of benzene rings is 1. The first-order chi connectivity index (χ1) is 9.72. The highest BCUT2D eigenvalue weighted by molar-refractivity contribution is 5.90. The third kappa shape index (κ3) is 3.55. The molecule has 0 radical (unpaired) electrons. The van der Waals surface area contributed by atoms with Crippen LogP contribution in [0.2, 0.25) is 0 Å². The fraction of sp³-hybridized carbons (Fsp3) is 0.308. The van der Waals surface area contributed by atoms with Gasteiger partial charge in [-0.15, -0.1) is 10.2 Å². The van der Waals surface area contributed by atoms with E-state index in [-0.39, 0.29) is 18.7 Å². The lowest BCUT2D eigenvalue weighted by Gasteiger charge is -2.14. The number of urea groups is 1. The summed E-state index contributed by atoms with van der Waals surface area (Å²) < 4.78 is 5.10. The zero-order valence-electron chi connectivity index (χ0n) is 11.0. The Balaban J connectivity index is 2.03. The lowest BCUT2D eigenvalue weighted by atomic mass is 10.2. The molecule has 1 unspecified atom stereocenters. The lowest BCUT2D eigenvalue weighted by Crippen LogP contribution is -2.39. The van der Waals surface area contributed by atoms with Crippen LogP contribution >= 0.6 is 0 Å². The molecule has 2 amide bonds. The van der Waals surface area contributed by atoms with Crippen molar-refractivity contribution in [2.75, 3.05) is 11.9 Å². The maximum Gasteiger partial charge on any atom is 0.319 e. The number of carbonyl (C=O) groups excluding carboxylic acids is 1. The molecule has 0 aliphatic heterocycles. The molecular formula is C13H16N4O3. The summed E-state index contributed by atoms with van der Waals surface area (Å²) >= 11 is 0. The highest BCUT2D eigenvalue weighted by Gasteiger charge is 2.10. The van der Waals surface area contributed by atoms with Crippen molar-refractivity contribution in [3.8, 4) is 11.5 Å². The number of aliphatic hydroxyl groups is 1. The maximum atomic E-state index is 11.8. The molecule has 1 heterocycles. The van der Waals surface area contributed by atoms with Crippen molar-refractivity contribution in [2.24, 2.45) is 0 Å². The van der Waals surface area contributed by atoms with Gasteiger partial charge in [-0.2, -0.15) is 0 Å².